The molecule has 7 nitrogen and oxygen atoms in total. The van der Waals surface area contributed by atoms with E-state index in [0.29, 0.717) is 6.54 Å². The van der Waals surface area contributed by atoms with Gasteiger partial charge in [0.1, 0.15) is 18.2 Å². The molecule has 0 saturated carbocycles. The number of benzene rings is 1. The quantitative estimate of drug-likeness (QED) is 0.560. The van der Waals surface area contributed by atoms with E-state index in [1.165, 1.54) is 25.1 Å². The summed E-state index contributed by atoms with van der Waals surface area (Å²) in [5.74, 6) is 1.69. The van der Waals surface area contributed by atoms with Gasteiger partial charge in [0.2, 0.25) is 0 Å². The molecule has 188 valence electrons. The Kier molecular flexibility index (Phi) is 7.25. The maximum absolute atomic E-state index is 12.6. The topological polar surface area (TPSA) is 58.1 Å². The van der Waals surface area contributed by atoms with Crippen molar-refractivity contribution in [3.8, 4) is 5.75 Å². The van der Waals surface area contributed by atoms with Crippen LogP contribution in [-0.4, -0.2) is 73.4 Å². The second-order valence-corrected chi connectivity index (χ2v) is 10.3. The van der Waals surface area contributed by atoms with Crippen molar-refractivity contribution in [3.63, 3.8) is 0 Å². The fraction of sp³-hybridized carbons (Fsp3) is 0.571. The number of hydrogen-bond acceptors (Lipinski definition) is 6. The van der Waals surface area contributed by atoms with E-state index in [1.54, 1.807) is 6.20 Å². The largest absolute Gasteiger partial charge is 0.494 e. The Bertz CT molecular complexity index is 1000. The first kappa shape index (κ1) is 24.1. The second-order valence-electron chi connectivity index (χ2n) is 10.3. The van der Waals surface area contributed by atoms with Gasteiger partial charge in [-0.3, -0.25) is 9.69 Å². The highest BCUT2D eigenvalue weighted by Gasteiger charge is 2.43. The van der Waals surface area contributed by atoms with Gasteiger partial charge in [-0.1, -0.05) is 6.07 Å². The van der Waals surface area contributed by atoms with Crippen LogP contribution < -0.4 is 14.5 Å². The van der Waals surface area contributed by atoms with Gasteiger partial charge in [-0.05, 0) is 88.4 Å². The summed E-state index contributed by atoms with van der Waals surface area (Å²) in [6.45, 7) is 9.94. The van der Waals surface area contributed by atoms with Gasteiger partial charge >= 0.3 is 0 Å². The maximum atomic E-state index is 12.6. The third-order valence-corrected chi connectivity index (χ3v) is 7.91. The Morgan fingerprint density at radius 3 is 2.66 bits per heavy atom. The molecule has 1 aromatic carbocycles. The Hall–Kier alpha value is -2.64. The SMILES string of the molecule is Cc1cccnc1N1CC2(CCN(c3ccc(OCCCN4CCC[C@H]4C)cc3)CC2)OCC1=O. The van der Waals surface area contributed by atoms with Crippen LogP contribution >= 0.6 is 0 Å². The molecule has 1 aromatic heterocycles. The van der Waals surface area contributed by atoms with Gasteiger partial charge in [-0.15, -0.1) is 0 Å². The van der Waals surface area contributed by atoms with E-state index in [1.807, 2.05) is 24.0 Å². The van der Waals surface area contributed by atoms with Crippen molar-refractivity contribution in [3.05, 3.63) is 48.2 Å². The Morgan fingerprint density at radius 1 is 1.14 bits per heavy atom. The fourth-order valence-corrected chi connectivity index (χ4v) is 5.68. The molecule has 1 spiro atoms. The molecule has 35 heavy (non-hydrogen) atoms. The number of piperidine rings is 1. The summed E-state index contributed by atoms with van der Waals surface area (Å²) in [5.41, 5.74) is 1.93. The van der Waals surface area contributed by atoms with Crippen LogP contribution in [0.15, 0.2) is 42.6 Å². The lowest BCUT2D eigenvalue weighted by Crippen LogP contribution is -2.59. The summed E-state index contributed by atoms with van der Waals surface area (Å²) in [6.07, 6.45) is 7.24. The van der Waals surface area contributed by atoms with E-state index in [4.69, 9.17) is 9.47 Å². The lowest BCUT2D eigenvalue weighted by molar-refractivity contribution is -0.141. The number of likely N-dealkylation sites (tertiary alicyclic amines) is 1. The number of amides is 1. The van der Waals surface area contributed by atoms with Crippen molar-refractivity contribution in [2.75, 3.05) is 55.7 Å². The minimum atomic E-state index is -0.301. The third kappa shape index (κ3) is 5.46. The molecule has 0 radical (unpaired) electrons. The standard InChI is InChI=1S/C28H38N4O3/c1-22-6-3-14-29-27(22)32-21-28(35-20-26(32)33)12-17-31(18-13-28)24-8-10-25(11-9-24)34-19-5-16-30-15-4-7-23(30)2/h3,6,8-11,14,23H,4-5,7,12-13,15-21H2,1-2H3/t23-/m1/s1. The van der Waals surface area contributed by atoms with Crippen LogP contribution in [-0.2, 0) is 9.53 Å². The zero-order valence-corrected chi connectivity index (χ0v) is 21.1. The van der Waals surface area contributed by atoms with E-state index < -0.39 is 0 Å². The highest BCUT2D eigenvalue weighted by atomic mass is 16.5. The van der Waals surface area contributed by atoms with Crippen molar-refractivity contribution >= 4 is 17.4 Å². The van der Waals surface area contributed by atoms with Gasteiger partial charge in [0.15, 0.2) is 0 Å². The third-order valence-electron chi connectivity index (χ3n) is 7.91. The van der Waals surface area contributed by atoms with E-state index in [9.17, 15) is 4.79 Å². The van der Waals surface area contributed by atoms with Crippen LogP contribution in [0.25, 0.3) is 0 Å². The van der Waals surface area contributed by atoms with E-state index in [0.717, 1.165) is 68.7 Å². The number of morpholine rings is 1. The number of carbonyl (C=O) groups excluding carboxylic acids is 1. The summed E-state index contributed by atoms with van der Waals surface area (Å²) in [6, 6.07) is 13.1. The van der Waals surface area contributed by atoms with Gasteiger partial charge in [0, 0.05) is 37.6 Å². The summed E-state index contributed by atoms with van der Waals surface area (Å²) in [5, 5.41) is 0. The van der Waals surface area contributed by atoms with Crippen LogP contribution in [0, 0.1) is 6.92 Å². The van der Waals surface area contributed by atoms with Gasteiger partial charge in [0.25, 0.3) is 5.91 Å². The molecule has 0 aliphatic carbocycles. The summed E-state index contributed by atoms with van der Waals surface area (Å²) in [4.78, 5) is 23.9. The number of hydrogen-bond donors (Lipinski definition) is 0. The molecular weight excluding hydrogens is 440 g/mol. The zero-order chi connectivity index (χ0) is 24.3. The molecule has 1 atom stereocenters. The van der Waals surface area contributed by atoms with Crippen molar-refractivity contribution in [1.82, 2.24) is 9.88 Å². The Labute approximate surface area is 209 Å². The molecule has 3 saturated heterocycles. The number of nitrogens with zero attached hydrogens (tertiary/aromatic N) is 4. The van der Waals surface area contributed by atoms with Gasteiger partial charge in [-0.2, -0.15) is 0 Å². The molecule has 0 N–H and O–H groups in total. The maximum Gasteiger partial charge on any atom is 0.254 e. The first-order chi connectivity index (χ1) is 17.0. The van der Waals surface area contributed by atoms with E-state index >= 15 is 0 Å². The van der Waals surface area contributed by atoms with Crippen molar-refractivity contribution in [2.24, 2.45) is 0 Å². The predicted molar refractivity (Wildman–Crippen MR) is 138 cm³/mol. The molecule has 3 fully saturated rings. The molecular formula is C28H38N4O3. The number of rotatable bonds is 7. The molecule has 2 aromatic rings. The molecule has 0 bridgehead atoms. The molecule has 5 rings (SSSR count). The highest BCUT2D eigenvalue weighted by molar-refractivity contribution is 5.94. The number of carbonyl (C=O) groups is 1. The average Bonchev–Trinajstić information content (AvgIpc) is 3.29. The Balaban J connectivity index is 1.12. The number of anilines is 2. The molecule has 4 heterocycles. The fourth-order valence-electron chi connectivity index (χ4n) is 5.68. The summed E-state index contributed by atoms with van der Waals surface area (Å²) >= 11 is 0. The number of aryl methyl sites for hydroxylation is 1. The number of ether oxygens (including phenoxy) is 2. The van der Waals surface area contributed by atoms with Crippen LogP contribution in [0.4, 0.5) is 11.5 Å². The van der Waals surface area contributed by atoms with E-state index in [2.05, 4.69) is 46.0 Å². The lowest BCUT2D eigenvalue weighted by atomic mass is 9.89. The predicted octanol–water partition coefficient (Wildman–Crippen LogP) is 4.05. The normalized spacial score (nSPS) is 22.7. The van der Waals surface area contributed by atoms with Crippen molar-refractivity contribution < 1.29 is 14.3 Å². The second kappa shape index (κ2) is 10.5. The molecule has 3 aliphatic heterocycles. The first-order valence-corrected chi connectivity index (χ1v) is 13.1. The molecule has 7 heteroatoms. The minimum absolute atomic E-state index is 0.00890. The van der Waals surface area contributed by atoms with E-state index in [-0.39, 0.29) is 18.1 Å². The minimum Gasteiger partial charge on any atom is -0.494 e. The molecule has 0 unspecified atom stereocenters. The highest BCUT2D eigenvalue weighted by Crippen LogP contribution is 2.35. The smallest absolute Gasteiger partial charge is 0.254 e. The first-order valence-electron chi connectivity index (χ1n) is 13.1. The monoisotopic (exact) mass is 478 g/mol. The number of pyridine rings is 1. The number of aromatic nitrogens is 1. The van der Waals surface area contributed by atoms with Crippen molar-refractivity contribution in [2.45, 2.75) is 57.6 Å². The lowest BCUT2D eigenvalue weighted by Gasteiger charge is -2.47. The Morgan fingerprint density at radius 2 is 1.94 bits per heavy atom. The van der Waals surface area contributed by atoms with Crippen LogP contribution in [0.3, 0.4) is 0 Å². The average molecular weight is 479 g/mol. The van der Waals surface area contributed by atoms with Gasteiger partial charge < -0.3 is 19.3 Å². The van der Waals surface area contributed by atoms with Crippen LogP contribution in [0.5, 0.6) is 5.75 Å². The zero-order valence-electron chi connectivity index (χ0n) is 21.1. The van der Waals surface area contributed by atoms with Crippen LogP contribution in [0.2, 0.25) is 0 Å². The molecule has 3 aliphatic rings. The van der Waals surface area contributed by atoms with Gasteiger partial charge in [0.05, 0.1) is 18.8 Å². The van der Waals surface area contributed by atoms with Crippen LogP contribution in [0.1, 0.15) is 44.6 Å². The summed E-state index contributed by atoms with van der Waals surface area (Å²) < 4.78 is 12.1. The van der Waals surface area contributed by atoms with Gasteiger partial charge in [-0.25, -0.2) is 4.98 Å². The summed E-state index contributed by atoms with van der Waals surface area (Å²) in [7, 11) is 0. The molecule has 1 amide bonds. The van der Waals surface area contributed by atoms with Crippen molar-refractivity contribution in [1.29, 1.82) is 0 Å².